The van der Waals surface area contributed by atoms with Gasteiger partial charge < -0.3 is 5.32 Å². The molecule has 0 aliphatic heterocycles. The maximum Gasteiger partial charge on any atom is 0.0312 e. The van der Waals surface area contributed by atoms with Crippen molar-refractivity contribution in [3.8, 4) is 12.0 Å². The molecule has 0 saturated carbocycles. The van der Waals surface area contributed by atoms with Gasteiger partial charge in [-0.2, -0.15) is 0 Å². The van der Waals surface area contributed by atoms with Crippen molar-refractivity contribution in [2.45, 2.75) is 58.9 Å². The minimum atomic E-state index is 0.550. The molecular formula is C11H21N. The third-order valence-electron chi connectivity index (χ3n) is 1.93. The molecule has 0 heterocycles. The zero-order valence-electron chi connectivity index (χ0n) is 8.61. The van der Waals surface area contributed by atoms with E-state index in [1.165, 1.54) is 32.1 Å². The molecule has 0 aromatic rings. The van der Waals surface area contributed by atoms with Crippen molar-refractivity contribution in [2.24, 2.45) is 0 Å². The van der Waals surface area contributed by atoms with Gasteiger partial charge in [-0.15, -0.1) is 0 Å². The van der Waals surface area contributed by atoms with Gasteiger partial charge in [0.2, 0.25) is 0 Å². The smallest absolute Gasteiger partial charge is 0.0312 e. The summed E-state index contributed by atoms with van der Waals surface area (Å²) in [5.41, 5.74) is 0. The Balaban J connectivity index is 3.17. The fourth-order valence-corrected chi connectivity index (χ4v) is 1.14. The van der Waals surface area contributed by atoms with Crippen molar-refractivity contribution >= 4 is 0 Å². The number of unbranched alkanes of at least 4 members (excludes halogenated alkanes) is 3. The maximum atomic E-state index is 3.15. The van der Waals surface area contributed by atoms with Crippen LogP contribution in [0.15, 0.2) is 0 Å². The molecule has 0 aliphatic rings. The van der Waals surface area contributed by atoms with Gasteiger partial charge in [-0.3, -0.25) is 0 Å². The van der Waals surface area contributed by atoms with Gasteiger partial charge in [0.05, 0.1) is 0 Å². The topological polar surface area (TPSA) is 12.0 Å². The summed E-state index contributed by atoms with van der Waals surface area (Å²) in [6, 6.07) is 3.44. The lowest BCUT2D eigenvalue weighted by molar-refractivity contribution is 0.538. The van der Waals surface area contributed by atoms with Crippen LogP contribution < -0.4 is 5.32 Å². The largest absolute Gasteiger partial charge is 0.343 e. The second-order valence-electron chi connectivity index (χ2n) is 3.27. The molecule has 0 bridgehead atoms. The Morgan fingerprint density at radius 3 is 2.58 bits per heavy atom. The number of rotatable bonds is 6. The first-order valence-corrected chi connectivity index (χ1v) is 4.98. The lowest BCUT2D eigenvalue weighted by Gasteiger charge is -2.08. The van der Waals surface area contributed by atoms with E-state index < -0.39 is 0 Å². The average molecular weight is 167 g/mol. The van der Waals surface area contributed by atoms with E-state index in [4.69, 9.17) is 0 Å². The van der Waals surface area contributed by atoms with Gasteiger partial charge in [0.15, 0.2) is 0 Å². The monoisotopic (exact) mass is 167 g/mol. The molecule has 1 heteroatoms. The van der Waals surface area contributed by atoms with Crippen LogP contribution >= 0.6 is 0 Å². The molecule has 70 valence electrons. The highest BCUT2D eigenvalue weighted by molar-refractivity contribution is 4.93. The summed E-state index contributed by atoms with van der Waals surface area (Å²) in [5.74, 6) is 2.84. The number of hydrogen-bond acceptors (Lipinski definition) is 1. The van der Waals surface area contributed by atoms with Gasteiger partial charge in [-0.05, 0) is 20.3 Å². The van der Waals surface area contributed by atoms with Crippen molar-refractivity contribution in [3.63, 3.8) is 0 Å². The highest BCUT2D eigenvalue weighted by atomic mass is 14.9. The van der Waals surface area contributed by atoms with Crippen LogP contribution in [0.4, 0.5) is 0 Å². The number of nitrogens with one attached hydrogen (secondary N) is 1. The fourth-order valence-electron chi connectivity index (χ4n) is 1.14. The van der Waals surface area contributed by atoms with E-state index in [-0.39, 0.29) is 0 Å². The standard InChI is InChI=1S/C11H21N/c1-4-6-7-8-9-11(3)12-10-5-2/h11-12H,4,6-9H2,1-3H3/t11-/m1/s1. The summed E-state index contributed by atoms with van der Waals surface area (Å²) in [7, 11) is 0. The summed E-state index contributed by atoms with van der Waals surface area (Å²) in [6.45, 7) is 6.29. The average Bonchev–Trinajstić information content (AvgIpc) is 2.09. The van der Waals surface area contributed by atoms with Crippen LogP contribution in [-0.4, -0.2) is 6.04 Å². The third kappa shape index (κ3) is 7.47. The molecule has 0 aromatic heterocycles. The lowest BCUT2D eigenvalue weighted by atomic mass is 10.1. The van der Waals surface area contributed by atoms with Gasteiger partial charge >= 0.3 is 0 Å². The predicted octanol–water partition coefficient (Wildman–Crippen LogP) is 2.92. The van der Waals surface area contributed by atoms with E-state index in [0.717, 1.165) is 0 Å². The Kier molecular flexibility index (Phi) is 8.01. The summed E-state index contributed by atoms with van der Waals surface area (Å²) in [6.07, 6.45) is 6.62. The zero-order chi connectivity index (χ0) is 9.23. The summed E-state index contributed by atoms with van der Waals surface area (Å²) < 4.78 is 0. The lowest BCUT2D eigenvalue weighted by Crippen LogP contribution is -2.20. The molecule has 1 N–H and O–H groups in total. The molecule has 1 atom stereocenters. The Hall–Kier alpha value is -0.640. The van der Waals surface area contributed by atoms with Crippen molar-refractivity contribution in [1.82, 2.24) is 5.32 Å². The minimum absolute atomic E-state index is 0.550. The fraction of sp³-hybridized carbons (Fsp3) is 0.818. The van der Waals surface area contributed by atoms with Crippen molar-refractivity contribution in [3.05, 3.63) is 0 Å². The summed E-state index contributed by atoms with van der Waals surface area (Å²) >= 11 is 0. The molecular weight excluding hydrogens is 146 g/mol. The molecule has 0 amide bonds. The van der Waals surface area contributed by atoms with Crippen LogP contribution in [0.2, 0.25) is 0 Å². The Bertz CT molecular complexity index is 141. The van der Waals surface area contributed by atoms with Gasteiger partial charge in [-0.25, -0.2) is 0 Å². The molecule has 0 saturated heterocycles. The SMILES string of the molecule is CC#CN[C@H](C)CCCCCC. The van der Waals surface area contributed by atoms with Crippen LogP contribution in [0.5, 0.6) is 0 Å². The van der Waals surface area contributed by atoms with Crippen molar-refractivity contribution in [1.29, 1.82) is 0 Å². The minimum Gasteiger partial charge on any atom is -0.343 e. The van der Waals surface area contributed by atoms with Crippen molar-refractivity contribution < 1.29 is 0 Å². The molecule has 0 rings (SSSR count). The molecule has 0 unspecified atom stereocenters. The van der Waals surface area contributed by atoms with Crippen LogP contribution in [0, 0.1) is 12.0 Å². The van der Waals surface area contributed by atoms with E-state index in [0.29, 0.717) is 6.04 Å². The first-order chi connectivity index (χ1) is 5.81. The maximum absolute atomic E-state index is 3.15. The third-order valence-corrected chi connectivity index (χ3v) is 1.93. The summed E-state index contributed by atoms with van der Waals surface area (Å²) in [5, 5.41) is 3.15. The second kappa shape index (κ2) is 8.46. The molecule has 0 radical (unpaired) electrons. The second-order valence-corrected chi connectivity index (χ2v) is 3.27. The molecule has 0 aliphatic carbocycles. The number of hydrogen-bond donors (Lipinski definition) is 1. The van der Waals surface area contributed by atoms with Crippen LogP contribution in [0.1, 0.15) is 52.9 Å². The first kappa shape index (κ1) is 11.4. The Morgan fingerprint density at radius 1 is 1.25 bits per heavy atom. The van der Waals surface area contributed by atoms with E-state index in [1.807, 2.05) is 6.92 Å². The van der Waals surface area contributed by atoms with Gasteiger partial charge in [0.1, 0.15) is 0 Å². The van der Waals surface area contributed by atoms with E-state index >= 15 is 0 Å². The van der Waals surface area contributed by atoms with E-state index in [9.17, 15) is 0 Å². The Labute approximate surface area is 76.9 Å². The highest BCUT2D eigenvalue weighted by Crippen LogP contribution is 2.04. The molecule has 1 nitrogen and oxygen atoms in total. The normalized spacial score (nSPS) is 11.6. The molecule has 12 heavy (non-hydrogen) atoms. The Morgan fingerprint density at radius 2 is 2.00 bits per heavy atom. The molecule has 0 spiro atoms. The zero-order valence-corrected chi connectivity index (χ0v) is 8.61. The predicted molar refractivity (Wildman–Crippen MR) is 54.8 cm³/mol. The van der Waals surface area contributed by atoms with Gasteiger partial charge in [-0.1, -0.05) is 38.5 Å². The van der Waals surface area contributed by atoms with Gasteiger partial charge in [0.25, 0.3) is 0 Å². The highest BCUT2D eigenvalue weighted by Gasteiger charge is 1.97. The molecule has 0 fully saturated rings. The quantitative estimate of drug-likeness (QED) is 0.364. The molecule has 0 aromatic carbocycles. The van der Waals surface area contributed by atoms with Crippen LogP contribution in [0.25, 0.3) is 0 Å². The van der Waals surface area contributed by atoms with Crippen molar-refractivity contribution in [2.75, 3.05) is 0 Å². The van der Waals surface area contributed by atoms with E-state index in [2.05, 4.69) is 31.1 Å². The first-order valence-electron chi connectivity index (χ1n) is 4.98. The van der Waals surface area contributed by atoms with E-state index in [1.54, 1.807) is 0 Å². The van der Waals surface area contributed by atoms with Crippen LogP contribution in [-0.2, 0) is 0 Å². The summed E-state index contributed by atoms with van der Waals surface area (Å²) in [4.78, 5) is 0. The van der Waals surface area contributed by atoms with Crippen LogP contribution in [0.3, 0.4) is 0 Å². The van der Waals surface area contributed by atoms with Gasteiger partial charge in [0, 0.05) is 12.1 Å².